The summed E-state index contributed by atoms with van der Waals surface area (Å²) in [6.45, 7) is 3.98. The molecule has 0 fully saturated rings. The highest BCUT2D eigenvalue weighted by molar-refractivity contribution is 5.87. The van der Waals surface area contributed by atoms with E-state index in [0.717, 1.165) is 16.9 Å². The molecule has 2 aromatic rings. The van der Waals surface area contributed by atoms with E-state index in [4.69, 9.17) is 14.9 Å². The number of nitrogens with two attached hydrogens (primary N) is 1. The number of hydrogen-bond donors (Lipinski definition) is 2. The molecule has 1 aromatic heterocycles. The summed E-state index contributed by atoms with van der Waals surface area (Å²) in [5.41, 5.74) is 7.74. The molecule has 148 valence electrons. The van der Waals surface area contributed by atoms with Crippen LogP contribution in [0.1, 0.15) is 25.8 Å². The van der Waals surface area contributed by atoms with Gasteiger partial charge in [-0.1, -0.05) is 38.1 Å². The number of ether oxygens (including phenoxy) is 1. The van der Waals surface area contributed by atoms with Gasteiger partial charge >= 0.3 is 5.97 Å². The Morgan fingerprint density at radius 1 is 1.19 bits per heavy atom. The minimum atomic E-state index is -0.778. The maximum absolute atomic E-state index is 12.3. The molecule has 0 aliphatic rings. The minimum Gasteiger partial charge on any atom is -0.467 e. The molecule has 0 bridgehead atoms. The van der Waals surface area contributed by atoms with Crippen LogP contribution in [-0.2, 0) is 20.7 Å². The van der Waals surface area contributed by atoms with E-state index >= 15 is 0 Å². The Labute approximate surface area is 165 Å². The zero-order chi connectivity index (χ0) is 19.1. The lowest BCUT2D eigenvalue weighted by Gasteiger charge is -2.20. The first kappa shape index (κ1) is 22.7. The van der Waals surface area contributed by atoms with Crippen LogP contribution in [0.5, 0.6) is 0 Å². The van der Waals surface area contributed by atoms with E-state index in [1.807, 2.05) is 50.2 Å². The van der Waals surface area contributed by atoms with Crippen LogP contribution in [0.25, 0.3) is 11.3 Å². The third-order valence-electron chi connectivity index (χ3n) is 4.06. The first-order valence-electron chi connectivity index (χ1n) is 8.67. The molecule has 1 heterocycles. The van der Waals surface area contributed by atoms with Gasteiger partial charge in [-0.2, -0.15) is 0 Å². The predicted molar refractivity (Wildman–Crippen MR) is 106 cm³/mol. The van der Waals surface area contributed by atoms with E-state index in [1.54, 1.807) is 6.26 Å². The maximum atomic E-state index is 12.3. The van der Waals surface area contributed by atoms with Gasteiger partial charge in [0, 0.05) is 12.0 Å². The Kier molecular flexibility index (Phi) is 9.05. The third-order valence-corrected chi connectivity index (χ3v) is 4.06. The number of hydrogen-bond acceptors (Lipinski definition) is 5. The lowest BCUT2D eigenvalue weighted by atomic mass is 10.0. The standard InChI is InChI=1S/C20H26N2O4.ClH/c1-13(2)11-16(21)19(23)22-17(20(24)25-3)12-14-6-8-15(9-7-14)18-5-4-10-26-18;/h4-10,13,16-17H,11-12,21H2,1-3H3,(H,22,23);1H/t16-,17-;/m0./s1. The van der Waals surface area contributed by atoms with Gasteiger partial charge in [0.1, 0.15) is 11.8 Å². The largest absolute Gasteiger partial charge is 0.467 e. The fourth-order valence-corrected chi connectivity index (χ4v) is 2.71. The summed E-state index contributed by atoms with van der Waals surface area (Å²) in [6.07, 6.45) is 2.50. The quantitative estimate of drug-likeness (QED) is 0.671. The van der Waals surface area contributed by atoms with Crippen molar-refractivity contribution in [3.8, 4) is 11.3 Å². The number of benzene rings is 1. The van der Waals surface area contributed by atoms with E-state index in [2.05, 4.69) is 5.32 Å². The van der Waals surface area contributed by atoms with E-state index in [9.17, 15) is 9.59 Å². The van der Waals surface area contributed by atoms with Crippen molar-refractivity contribution in [1.29, 1.82) is 0 Å². The highest BCUT2D eigenvalue weighted by Crippen LogP contribution is 2.20. The summed E-state index contributed by atoms with van der Waals surface area (Å²) in [5, 5.41) is 2.71. The zero-order valence-electron chi connectivity index (χ0n) is 15.8. The molecule has 0 aliphatic heterocycles. The fraction of sp³-hybridized carbons (Fsp3) is 0.400. The van der Waals surface area contributed by atoms with Crippen molar-refractivity contribution in [2.75, 3.05) is 7.11 Å². The lowest BCUT2D eigenvalue weighted by molar-refractivity contribution is -0.145. The van der Waals surface area contributed by atoms with E-state index < -0.39 is 18.1 Å². The smallest absolute Gasteiger partial charge is 0.328 e. The molecule has 0 aliphatic carbocycles. The number of furan rings is 1. The zero-order valence-corrected chi connectivity index (χ0v) is 16.6. The van der Waals surface area contributed by atoms with Gasteiger partial charge in [0.05, 0.1) is 19.4 Å². The molecule has 1 aromatic carbocycles. The molecule has 0 saturated carbocycles. The summed E-state index contributed by atoms with van der Waals surface area (Å²) in [7, 11) is 1.30. The Hall–Kier alpha value is -2.31. The highest BCUT2D eigenvalue weighted by atomic mass is 35.5. The number of carbonyl (C=O) groups excluding carboxylic acids is 2. The van der Waals surface area contributed by atoms with Gasteiger partial charge in [-0.05, 0) is 30.0 Å². The van der Waals surface area contributed by atoms with Gasteiger partial charge in [-0.15, -0.1) is 12.4 Å². The van der Waals surface area contributed by atoms with Crippen molar-refractivity contribution in [2.45, 2.75) is 38.8 Å². The molecular weight excluding hydrogens is 368 g/mol. The van der Waals surface area contributed by atoms with Crippen LogP contribution in [-0.4, -0.2) is 31.1 Å². The van der Waals surface area contributed by atoms with Gasteiger partial charge in [-0.25, -0.2) is 4.79 Å². The van der Waals surface area contributed by atoms with Crippen LogP contribution in [0.4, 0.5) is 0 Å². The van der Waals surface area contributed by atoms with Crippen molar-refractivity contribution in [3.05, 3.63) is 48.2 Å². The molecule has 0 unspecified atom stereocenters. The minimum absolute atomic E-state index is 0. The van der Waals surface area contributed by atoms with Crippen LogP contribution in [0, 0.1) is 5.92 Å². The summed E-state index contributed by atoms with van der Waals surface area (Å²) >= 11 is 0. The van der Waals surface area contributed by atoms with E-state index in [1.165, 1.54) is 7.11 Å². The third kappa shape index (κ3) is 6.73. The Bertz CT molecular complexity index is 714. The predicted octanol–water partition coefficient (Wildman–Crippen LogP) is 2.94. The Morgan fingerprint density at radius 3 is 2.37 bits per heavy atom. The van der Waals surface area contributed by atoms with Crippen molar-refractivity contribution in [2.24, 2.45) is 11.7 Å². The molecule has 2 rings (SSSR count). The molecule has 3 N–H and O–H groups in total. The number of methoxy groups -OCH3 is 1. The molecule has 0 spiro atoms. The first-order valence-corrected chi connectivity index (χ1v) is 8.67. The Morgan fingerprint density at radius 2 is 1.85 bits per heavy atom. The molecule has 0 saturated heterocycles. The molecule has 27 heavy (non-hydrogen) atoms. The number of carbonyl (C=O) groups is 2. The molecule has 0 radical (unpaired) electrons. The van der Waals surface area contributed by atoms with E-state index in [0.29, 0.717) is 18.8 Å². The summed E-state index contributed by atoms with van der Waals surface area (Å²) in [6, 6.07) is 9.89. The monoisotopic (exact) mass is 394 g/mol. The van der Waals surface area contributed by atoms with Gasteiger partial charge in [-0.3, -0.25) is 4.79 Å². The number of amides is 1. The number of rotatable bonds is 8. The molecule has 1 amide bonds. The normalized spacial score (nSPS) is 12.8. The van der Waals surface area contributed by atoms with Gasteiger partial charge in [0.2, 0.25) is 5.91 Å². The van der Waals surface area contributed by atoms with Crippen LogP contribution < -0.4 is 11.1 Å². The van der Waals surface area contributed by atoms with Gasteiger partial charge in [0.25, 0.3) is 0 Å². The summed E-state index contributed by atoms with van der Waals surface area (Å²) in [5.74, 6) is 0.224. The van der Waals surface area contributed by atoms with Crippen molar-refractivity contribution in [1.82, 2.24) is 5.32 Å². The lowest BCUT2D eigenvalue weighted by Crippen LogP contribution is -2.50. The average Bonchev–Trinajstić information content (AvgIpc) is 3.15. The Balaban J connectivity index is 0.00000364. The van der Waals surface area contributed by atoms with Crippen molar-refractivity contribution >= 4 is 24.3 Å². The van der Waals surface area contributed by atoms with Crippen molar-refractivity contribution in [3.63, 3.8) is 0 Å². The van der Waals surface area contributed by atoms with Gasteiger partial charge < -0.3 is 20.2 Å². The van der Waals surface area contributed by atoms with Crippen LogP contribution >= 0.6 is 12.4 Å². The van der Waals surface area contributed by atoms with E-state index in [-0.39, 0.29) is 18.3 Å². The number of esters is 1. The van der Waals surface area contributed by atoms with Crippen LogP contribution in [0.15, 0.2) is 47.1 Å². The molecule has 7 heteroatoms. The molecular formula is C20H27ClN2O4. The summed E-state index contributed by atoms with van der Waals surface area (Å²) < 4.78 is 10.2. The number of nitrogens with one attached hydrogen (secondary N) is 1. The second-order valence-corrected chi connectivity index (χ2v) is 6.70. The SMILES string of the molecule is COC(=O)[C@H](Cc1ccc(-c2ccco2)cc1)NC(=O)[C@@H](N)CC(C)C.Cl. The van der Waals surface area contributed by atoms with Crippen molar-refractivity contribution < 1.29 is 18.7 Å². The topological polar surface area (TPSA) is 94.6 Å². The number of halogens is 1. The van der Waals surface area contributed by atoms with Crippen LogP contribution in [0.3, 0.4) is 0 Å². The maximum Gasteiger partial charge on any atom is 0.328 e. The second kappa shape index (κ2) is 10.7. The average molecular weight is 395 g/mol. The molecule has 2 atom stereocenters. The molecule has 6 nitrogen and oxygen atoms in total. The fourth-order valence-electron chi connectivity index (χ4n) is 2.71. The first-order chi connectivity index (χ1) is 12.4. The summed E-state index contributed by atoms with van der Waals surface area (Å²) in [4.78, 5) is 24.3. The second-order valence-electron chi connectivity index (χ2n) is 6.70. The van der Waals surface area contributed by atoms with Gasteiger partial charge in [0.15, 0.2) is 0 Å². The van der Waals surface area contributed by atoms with Crippen LogP contribution in [0.2, 0.25) is 0 Å². The highest BCUT2D eigenvalue weighted by Gasteiger charge is 2.25.